The molecule has 11 heteroatoms. The fourth-order valence-electron chi connectivity index (χ4n) is 7.06. The number of esters is 1. The van der Waals surface area contributed by atoms with Gasteiger partial charge in [-0.05, 0) is 130 Å². The molecule has 0 radical (unpaired) electrons. The molecule has 0 saturated carbocycles. The van der Waals surface area contributed by atoms with Crippen LogP contribution in [-0.4, -0.2) is 52.8 Å². The van der Waals surface area contributed by atoms with Gasteiger partial charge in [-0.3, -0.25) is 19.2 Å². The molecular formula is C45H53N3O7S. The topological polar surface area (TPSA) is 142 Å². The Kier molecular flexibility index (Phi) is 14.2. The van der Waals surface area contributed by atoms with E-state index in [-0.39, 0.29) is 42.6 Å². The number of carbonyl (C=O) groups excluding carboxylic acids is 4. The molecule has 4 aromatic rings. The summed E-state index contributed by atoms with van der Waals surface area (Å²) < 4.78 is 4.78. The van der Waals surface area contributed by atoms with Crippen LogP contribution in [-0.2, 0) is 46.6 Å². The lowest BCUT2D eigenvalue weighted by molar-refractivity contribution is -0.148. The molecule has 0 unspecified atom stereocenters. The van der Waals surface area contributed by atoms with Crippen LogP contribution in [0.3, 0.4) is 0 Å². The Balaban J connectivity index is 1.27. The van der Waals surface area contributed by atoms with Crippen LogP contribution in [0.15, 0.2) is 72.8 Å². The van der Waals surface area contributed by atoms with Crippen LogP contribution in [0.1, 0.15) is 124 Å². The number of hydrogen-bond donors (Lipinski definition) is 3. The van der Waals surface area contributed by atoms with Gasteiger partial charge < -0.3 is 25.4 Å². The fraction of sp³-hybridized carbons (Fsp3) is 0.400. The first-order valence-corrected chi connectivity index (χ1v) is 20.3. The summed E-state index contributed by atoms with van der Waals surface area (Å²) in [6, 6.07) is 22.3. The van der Waals surface area contributed by atoms with Crippen molar-refractivity contribution in [2.75, 3.05) is 17.7 Å². The van der Waals surface area contributed by atoms with E-state index in [4.69, 9.17) is 4.74 Å². The predicted octanol–water partition coefficient (Wildman–Crippen LogP) is 9.11. The van der Waals surface area contributed by atoms with Crippen LogP contribution in [0.5, 0.6) is 0 Å². The van der Waals surface area contributed by atoms with Gasteiger partial charge in [0.25, 0.3) is 11.8 Å². The van der Waals surface area contributed by atoms with Crippen molar-refractivity contribution in [3.8, 4) is 0 Å². The first kappa shape index (κ1) is 41.9. The van der Waals surface area contributed by atoms with Crippen LogP contribution < -0.4 is 10.6 Å². The van der Waals surface area contributed by atoms with Gasteiger partial charge in [0.2, 0.25) is 5.91 Å². The van der Waals surface area contributed by atoms with Crippen molar-refractivity contribution in [1.82, 2.24) is 4.90 Å². The number of amides is 3. The number of nitrogens with one attached hydrogen (secondary N) is 2. The molecule has 1 aliphatic rings. The van der Waals surface area contributed by atoms with Crippen LogP contribution >= 0.6 is 11.3 Å². The van der Waals surface area contributed by atoms with Gasteiger partial charge in [0.15, 0.2) is 0 Å². The van der Waals surface area contributed by atoms with Crippen molar-refractivity contribution in [3.05, 3.63) is 117 Å². The number of rotatable bonds is 17. The second-order valence-electron chi connectivity index (χ2n) is 15.1. The summed E-state index contributed by atoms with van der Waals surface area (Å²) in [7, 11) is 1.36. The maximum absolute atomic E-state index is 13.9. The lowest BCUT2D eigenvalue weighted by Crippen LogP contribution is -2.40. The number of methoxy groups -OCH3 is 1. The molecule has 3 N–H and O–H groups in total. The summed E-state index contributed by atoms with van der Waals surface area (Å²) in [4.78, 5) is 67.6. The summed E-state index contributed by atoms with van der Waals surface area (Å²) in [6.07, 6.45) is 7.04. The van der Waals surface area contributed by atoms with E-state index < -0.39 is 11.4 Å². The Morgan fingerprint density at radius 3 is 2.09 bits per heavy atom. The van der Waals surface area contributed by atoms with Gasteiger partial charge in [-0.15, -0.1) is 11.3 Å². The highest BCUT2D eigenvalue weighted by molar-refractivity contribution is 7.17. The van der Waals surface area contributed by atoms with Crippen molar-refractivity contribution in [2.45, 2.75) is 104 Å². The average Bonchev–Trinajstić information content (AvgIpc) is 3.57. The zero-order valence-corrected chi connectivity index (χ0v) is 33.9. The van der Waals surface area contributed by atoms with Crippen molar-refractivity contribution in [3.63, 3.8) is 0 Å². The minimum atomic E-state index is -1.01. The molecule has 0 spiro atoms. The number of carboxylic acids is 1. The minimum absolute atomic E-state index is 0.0267. The number of aryl methyl sites for hydroxylation is 3. The van der Waals surface area contributed by atoms with Crippen LogP contribution in [0.25, 0.3) is 0 Å². The Labute approximate surface area is 333 Å². The third kappa shape index (κ3) is 10.5. The molecule has 0 aliphatic heterocycles. The van der Waals surface area contributed by atoms with Crippen LogP contribution in [0.4, 0.5) is 10.7 Å². The summed E-state index contributed by atoms with van der Waals surface area (Å²) in [5, 5.41) is 16.2. The van der Waals surface area contributed by atoms with Gasteiger partial charge in [0.1, 0.15) is 5.00 Å². The number of thiophene rings is 1. The number of benzene rings is 3. The number of anilines is 2. The van der Waals surface area contributed by atoms with E-state index in [1.165, 1.54) is 18.4 Å². The largest absolute Gasteiger partial charge is 0.481 e. The van der Waals surface area contributed by atoms with Gasteiger partial charge >= 0.3 is 11.9 Å². The summed E-state index contributed by atoms with van der Waals surface area (Å²) in [6.45, 7) is 7.61. The third-order valence-corrected chi connectivity index (χ3v) is 11.9. The van der Waals surface area contributed by atoms with Crippen LogP contribution in [0.2, 0.25) is 0 Å². The van der Waals surface area contributed by atoms with Gasteiger partial charge in [-0.1, -0.05) is 50.2 Å². The maximum atomic E-state index is 13.9. The van der Waals surface area contributed by atoms with E-state index in [1.54, 1.807) is 44.2 Å². The maximum Gasteiger partial charge on any atom is 0.337 e. The van der Waals surface area contributed by atoms with Gasteiger partial charge in [0, 0.05) is 35.1 Å². The van der Waals surface area contributed by atoms with E-state index >= 15 is 0 Å². The Bertz CT molecular complexity index is 2030. The highest BCUT2D eigenvalue weighted by Gasteiger charge is 2.31. The first-order valence-electron chi connectivity index (χ1n) is 19.5. The van der Waals surface area contributed by atoms with E-state index in [2.05, 4.69) is 10.6 Å². The molecular weight excluding hydrogens is 727 g/mol. The molecule has 3 aromatic carbocycles. The monoisotopic (exact) mass is 779 g/mol. The fourth-order valence-corrected chi connectivity index (χ4v) is 8.34. The van der Waals surface area contributed by atoms with Crippen LogP contribution in [0, 0.1) is 5.41 Å². The van der Waals surface area contributed by atoms with Crippen molar-refractivity contribution >= 4 is 51.7 Å². The molecule has 56 heavy (non-hydrogen) atoms. The zero-order valence-electron chi connectivity index (χ0n) is 33.0. The molecule has 0 fully saturated rings. The number of aliphatic carboxylic acids is 1. The number of ether oxygens (including phenoxy) is 1. The number of nitrogens with zero attached hydrogens (tertiary/aromatic N) is 1. The molecule has 296 valence electrons. The van der Waals surface area contributed by atoms with Gasteiger partial charge in [0.05, 0.1) is 23.7 Å². The summed E-state index contributed by atoms with van der Waals surface area (Å²) in [5.74, 6) is -2.01. The van der Waals surface area contributed by atoms with E-state index in [9.17, 15) is 29.1 Å². The van der Waals surface area contributed by atoms with Crippen molar-refractivity contribution in [2.24, 2.45) is 5.41 Å². The van der Waals surface area contributed by atoms with E-state index in [1.807, 2.05) is 61.2 Å². The Morgan fingerprint density at radius 1 is 0.821 bits per heavy atom. The summed E-state index contributed by atoms with van der Waals surface area (Å²) >= 11 is 1.46. The molecule has 0 saturated heterocycles. The summed E-state index contributed by atoms with van der Waals surface area (Å²) in [5.41, 5.74) is 5.07. The number of carbonyl (C=O) groups is 5. The van der Waals surface area contributed by atoms with E-state index in [0.717, 1.165) is 78.5 Å². The second-order valence-corrected chi connectivity index (χ2v) is 16.2. The number of carboxylic acid groups (broad SMARTS) is 1. The predicted molar refractivity (Wildman–Crippen MR) is 221 cm³/mol. The lowest BCUT2D eigenvalue weighted by Gasteiger charge is -2.32. The Morgan fingerprint density at radius 2 is 1.46 bits per heavy atom. The quantitative estimate of drug-likeness (QED) is 0.0908. The third-order valence-electron chi connectivity index (χ3n) is 10.7. The minimum Gasteiger partial charge on any atom is -0.481 e. The molecule has 1 aromatic heterocycles. The molecule has 5 rings (SSSR count). The van der Waals surface area contributed by atoms with Gasteiger partial charge in [-0.25, -0.2) is 4.79 Å². The highest BCUT2D eigenvalue weighted by atomic mass is 32.1. The number of fused-ring (bicyclic) bond motifs is 1. The number of hydrogen-bond acceptors (Lipinski definition) is 7. The SMILES string of the molecule is CCC(CC)N(Cc1cccc(C(=O)Nc2sc3c(c2C(=O)Nc2ccc(CCc4ccc(C(=O)OC)cc4)cc2)CCCC3)c1)C(=O)CCC(C)(C)C(=O)O. The molecule has 1 aliphatic carbocycles. The molecule has 3 amide bonds. The average molecular weight is 780 g/mol. The standard InChI is InChI=1S/C45H53N3O7S/c1-6-35(7-2)48(38(49)25-26-45(3,4)44(53)54)28-31-11-10-12-33(27-31)40(50)47-42-39(36-13-8-9-14-37(36)56-42)41(51)46-34-23-19-30(20-24-34)16-15-29-17-21-32(22-18-29)43(52)55-5/h10-12,17-24,27,35H,6-9,13-16,25-26,28H2,1-5H3,(H,46,51)(H,47,50)(H,53,54). The lowest BCUT2D eigenvalue weighted by atomic mass is 9.87. The van der Waals surface area contributed by atoms with Crippen molar-refractivity contribution < 1.29 is 33.8 Å². The second kappa shape index (κ2) is 19.0. The van der Waals surface area contributed by atoms with Gasteiger partial charge in [-0.2, -0.15) is 0 Å². The molecule has 10 nitrogen and oxygen atoms in total. The first-order chi connectivity index (χ1) is 26.8. The molecule has 1 heterocycles. The normalized spacial score (nSPS) is 12.5. The zero-order chi connectivity index (χ0) is 40.4. The smallest absolute Gasteiger partial charge is 0.337 e. The molecule has 0 bridgehead atoms. The van der Waals surface area contributed by atoms with Crippen molar-refractivity contribution in [1.29, 1.82) is 0 Å². The Hall–Kier alpha value is -5.29. The highest BCUT2D eigenvalue weighted by Crippen LogP contribution is 2.39. The van der Waals surface area contributed by atoms with E-state index in [0.29, 0.717) is 33.9 Å². The molecule has 0 atom stereocenters.